The number of unbranched alkanes of at least 4 members (excludes halogenated alkanes) is 1. The van der Waals surface area contributed by atoms with Crippen LogP contribution in [-0.2, 0) is 0 Å². The molecule has 0 unspecified atom stereocenters. The number of ether oxygens (including phenoxy) is 1. The van der Waals surface area contributed by atoms with Gasteiger partial charge in [-0.15, -0.1) is 0 Å². The first-order valence-corrected chi connectivity index (χ1v) is 5.58. The van der Waals surface area contributed by atoms with Crippen LogP contribution in [0.2, 0.25) is 13.6 Å². The Hall–Kier alpha value is -0.985. The first-order valence-electron chi connectivity index (χ1n) is 5.58. The molecule has 0 atom stereocenters. The molecule has 0 amide bonds. The Morgan fingerprint density at radius 2 is 2.07 bits per heavy atom. The molecule has 1 aromatic rings. The summed E-state index contributed by atoms with van der Waals surface area (Å²) in [4.78, 5) is 0. The number of hydrogen-bond donors (Lipinski definition) is 0. The van der Waals surface area contributed by atoms with Crippen molar-refractivity contribution < 1.29 is 9.13 Å². The van der Waals surface area contributed by atoms with Crippen molar-refractivity contribution in [1.82, 2.24) is 0 Å². The summed E-state index contributed by atoms with van der Waals surface area (Å²) in [5, 5.41) is 0. The molecule has 0 aliphatic rings. The lowest BCUT2D eigenvalue weighted by molar-refractivity contribution is 0.310. The van der Waals surface area contributed by atoms with Gasteiger partial charge in [0.15, 0.2) is 6.71 Å². The van der Waals surface area contributed by atoms with Crippen molar-refractivity contribution in [2.45, 2.75) is 33.4 Å². The molecule has 1 rings (SSSR count). The van der Waals surface area contributed by atoms with Gasteiger partial charge < -0.3 is 4.74 Å². The molecule has 1 aromatic carbocycles. The zero-order valence-electron chi connectivity index (χ0n) is 9.72. The Balaban J connectivity index is 2.81. The van der Waals surface area contributed by atoms with Crippen LogP contribution in [0.15, 0.2) is 18.2 Å². The van der Waals surface area contributed by atoms with E-state index in [2.05, 4.69) is 6.92 Å². The molecule has 0 bridgehead atoms. The van der Waals surface area contributed by atoms with Gasteiger partial charge in [-0.05, 0) is 24.0 Å². The number of halogens is 1. The van der Waals surface area contributed by atoms with Gasteiger partial charge in [0.05, 0.1) is 6.61 Å². The summed E-state index contributed by atoms with van der Waals surface area (Å²) >= 11 is 0. The van der Waals surface area contributed by atoms with Crippen molar-refractivity contribution in [2.75, 3.05) is 6.61 Å². The summed E-state index contributed by atoms with van der Waals surface area (Å²) < 4.78 is 19.1. The molecule has 0 N–H and O–H groups in total. The van der Waals surface area contributed by atoms with Crippen LogP contribution in [-0.4, -0.2) is 13.3 Å². The second-order valence-electron chi connectivity index (χ2n) is 4.01. The zero-order chi connectivity index (χ0) is 11.3. The van der Waals surface area contributed by atoms with Gasteiger partial charge in [0, 0.05) is 0 Å². The third-order valence-electron chi connectivity index (χ3n) is 2.35. The standard InChI is InChI=1S/C12H18BFO/c1-4-5-9-15-11-8-6-7-10(14)12(11)13(2)3/h6-8H,4-5,9H2,1-3H3. The molecule has 0 radical (unpaired) electrons. The largest absolute Gasteiger partial charge is 0.494 e. The van der Waals surface area contributed by atoms with Crippen LogP contribution in [0.1, 0.15) is 19.8 Å². The SMILES string of the molecule is CCCCOc1cccc(F)c1B(C)C. The highest BCUT2D eigenvalue weighted by Gasteiger charge is 2.14. The fourth-order valence-corrected chi connectivity index (χ4v) is 1.53. The van der Waals surface area contributed by atoms with Crippen molar-refractivity contribution in [3.05, 3.63) is 24.0 Å². The van der Waals surface area contributed by atoms with Gasteiger partial charge in [-0.3, -0.25) is 0 Å². The van der Waals surface area contributed by atoms with Crippen LogP contribution < -0.4 is 10.2 Å². The third kappa shape index (κ3) is 3.26. The van der Waals surface area contributed by atoms with Crippen molar-refractivity contribution >= 4 is 12.2 Å². The summed E-state index contributed by atoms with van der Waals surface area (Å²) in [6.07, 6.45) is 2.10. The second-order valence-corrected chi connectivity index (χ2v) is 4.01. The van der Waals surface area contributed by atoms with Gasteiger partial charge in [-0.2, -0.15) is 0 Å². The second kappa shape index (κ2) is 5.79. The number of hydrogen-bond acceptors (Lipinski definition) is 1. The molecule has 0 heterocycles. The summed E-state index contributed by atoms with van der Waals surface area (Å²) in [5.74, 6) is 0.525. The molecule has 15 heavy (non-hydrogen) atoms. The van der Waals surface area contributed by atoms with Gasteiger partial charge in [0.2, 0.25) is 0 Å². The van der Waals surface area contributed by atoms with E-state index in [0.717, 1.165) is 12.8 Å². The van der Waals surface area contributed by atoms with E-state index in [9.17, 15) is 4.39 Å². The third-order valence-corrected chi connectivity index (χ3v) is 2.35. The molecule has 0 aliphatic heterocycles. The van der Waals surface area contributed by atoms with Crippen LogP contribution >= 0.6 is 0 Å². The van der Waals surface area contributed by atoms with E-state index in [4.69, 9.17) is 4.74 Å². The lowest BCUT2D eigenvalue weighted by Crippen LogP contribution is -2.28. The van der Waals surface area contributed by atoms with Gasteiger partial charge in [0.1, 0.15) is 11.6 Å². The summed E-state index contributed by atoms with van der Waals surface area (Å²) in [5.41, 5.74) is 0.689. The predicted molar refractivity (Wildman–Crippen MR) is 63.9 cm³/mol. The molecule has 1 nitrogen and oxygen atoms in total. The van der Waals surface area contributed by atoms with Gasteiger partial charge >= 0.3 is 0 Å². The molecule has 0 spiro atoms. The number of benzene rings is 1. The minimum Gasteiger partial charge on any atom is -0.494 e. The Labute approximate surface area is 91.7 Å². The first kappa shape index (κ1) is 12.1. The average Bonchev–Trinajstić information content (AvgIpc) is 2.17. The van der Waals surface area contributed by atoms with E-state index in [0.29, 0.717) is 17.8 Å². The summed E-state index contributed by atoms with van der Waals surface area (Å²) in [7, 11) is 0. The minimum atomic E-state index is -0.168. The summed E-state index contributed by atoms with van der Waals surface area (Å²) in [6, 6.07) is 5.03. The van der Waals surface area contributed by atoms with Crippen LogP contribution in [0, 0.1) is 5.82 Å². The number of rotatable bonds is 5. The van der Waals surface area contributed by atoms with Crippen molar-refractivity contribution in [3.8, 4) is 5.75 Å². The highest BCUT2D eigenvalue weighted by molar-refractivity contribution is 6.71. The van der Waals surface area contributed by atoms with Gasteiger partial charge in [-0.25, -0.2) is 4.39 Å². The maximum Gasteiger partial charge on any atom is 0.178 e. The smallest absolute Gasteiger partial charge is 0.178 e. The average molecular weight is 208 g/mol. The Morgan fingerprint density at radius 1 is 1.33 bits per heavy atom. The van der Waals surface area contributed by atoms with E-state index >= 15 is 0 Å². The molecule has 3 heteroatoms. The molecule has 82 valence electrons. The topological polar surface area (TPSA) is 9.23 Å². The van der Waals surface area contributed by atoms with Crippen molar-refractivity contribution in [3.63, 3.8) is 0 Å². The lowest BCUT2D eigenvalue weighted by atomic mass is 9.49. The molecule has 0 fully saturated rings. The highest BCUT2D eigenvalue weighted by Crippen LogP contribution is 2.12. The maximum absolute atomic E-state index is 13.5. The zero-order valence-corrected chi connectivity index (χ0v) is 9.72. The fraction of sp³-hybridized carbons (Fsp3) is 0.500. The molecule has 0 aromatic heterocycles. The Bertz CT molecular complexity index is 312. The van der Waals surface area contributed by atoms with E-state index < -0.39 is 0 Å². The monoisotopic (exact) mass is 208 g/mol. The van der Waals surface area contributed by atoms with Gasteiger partial charge in [-0.1, -0.05) is 33.1 Å². The van der Waals surface area contributed by atoms with Crippen molar-refractivity contribution in [1.29, 1.82) is 0 Å². The maximum atomic E-state index is 13.5. The molecule has 0 saturated carbocycles. The fourth-order valence-electron chi connectivity index (χ4n) is 1.53. The van der Waals surface area contributed by atoms with Crippen LogP contribution in [0.5, 0.6) is 5.75 Å². The normalized spacial score (nSPS) is 10.1. The molecular formula is C12H18BFO. The Kier molecular flexibility index (Phi) is 4.66. The summed E-state index contributed by atoms with van der Waals surface area (Å²) in [6.45, 7) is 6.89. The molecule has 0 aliphatic carbocycles. The van der Waals surface area contributed by atoms with Crippen LogP contribution in [0.3, 0.4) is 0 Å². The van der Waals surface area contributed by atoms with E-state index in [-0.39, 0.29) is 12.5 Å². The highest BCUT2D eigenvalue weighted by atomic mass is 19.1. The first-order chi connectivity index (χ1) is 7.16. The quantitative estimate of drug-likeness (QED) is 0.533. The van der Waals surface area contributed by atoms with E-state index in [1.54, 1.807) is 6.07 Å². The Morgan fingerprint density at radius 3 is 2.67 bits per heavy atom. The molecule has 0 saturated heterocycles. The van der Waals surface area contributed by atoms with E-state index in [1.165, 1.54) is 6.07 Å². The lowest BCUT2D eigenvalue weighted by Gasteiger charge is -2.13. The van der Waals surface area contributed by atoms with Crippen molar-refractivity contribution in [2.24, 2.45) is 0 Å². The minimum absolute atomic E-state index is 0.155. The molecular weight excluding hydrogens is 190 g/mol. The van der Waals surface area contributed by atoms with Crippen LogP contribution in [0.25, 0.3) is 0 Å². The van der Waals surface area contributed by atoms with E-state index in [1.807, 2.05) is 19.7 Å². The predicted octanol–water partition coefficient (Wildman–Crippen LogP) is 2.97. The van der Waals surface area contributed by atoms with Crippen LogP contribution in [0.4, 0.5) is 4.39 Å². The van der Waals surface area contributed by atoms with Gasteiger partial charge in [0.25, 0.3) is 0 Å².